The molecule has 0 spiro atoms. The number of carbonyl (C=O) groups excluding carboxylic acids is 1. The normalized spacial score (nSPS) is 11.1. The number of ether oxygens (including phenoxy) is 1. The van der Waals surface area contributed by atoms with Crippen molar-refractivity contribution in [3.05, 3.63) is 90.4 Å². The van der Waals surface area contributed by atoms with Gasteiger partial charge < -0.3 is 4.74 Å². The molecule has 0 amide bonds. The Kier molecular flexibility index (Phi) is 5.56. The summed E-state index contributed by atoms with van der Waals surface area (Å²) in [4.78, 5) is 41.2. The highest BCUT2D eigenvalue weighted by Gasteiger charge is 2.21. The maximum atomic E-state index is 13.5. The third kappa shape index (κ3) is 3.71. The molecule has 0 N–H and O–H groups in total. The van der Waals surface area contributed by atoms with Crippen LogP contribution in [0.1, 0.15) is 20.8 Å². The fourth-order valence-electron chi connectivity index (χ4n) is 3.44. The van der Waals surface area contributed by atoms with Gasteiger partial charge in [-0.1, -0.05) is 17.7 Å². The SMILES string of the molecule is COc1cccc(-n2c(=O)c3c(C)c(C)sc3n(CC(=O)c3ccc(Cl)cc3)c2=O)c1. The summed E-state index contributed by atoms with van der Waals surface area (Å²) >= 11 is 7.25. The second-order valence-corrected chi connectivity index (χ2v) is 8.74. The number of benzene rings is 2. The maximum absolute atomic E-state index is 13.5. The fourth-order valence-corrected chi connectivity index (χ4v) is 4.71. The van der Waals surface area contributed by atoms with Crippen molar-refractivity contribution in [2.24, 2.45) is 0 Å². The van der Waals surface area contributed by atoms with Crippen molar-refractivity contribution in [2.45, 2.75) is 20.4 Å². The van der Waals surface area contributed by atoms with Gasteiger partial charge in [0.1, 0.15) is 10.6 Å². The number of halogens is 1. The van der Waals surface area contributed by atoms with Crippen LogP contribution in [0.4, 0.5) is 0 Å². The minimum absolute atomic E-state index is 0.194. The topological polar surface area (TPSA) is 70.3 Å². The third-order valence-corrected chi connectivity index (χ3v) is 6.71. The molecule has 0 fully saturated rings. The third-order valence-electron chi connectivity index (χ3n) is 5.23. The monoisotopic (exact) mass is 454 g/mol. The summed E-state index contributed by atoms with van der Waals surface area (Å²) in [5.41, 5.74) is 0.634. The summed E-state index contributed by atoms with van der Waals surface area (Å²) in [6.45, 7) is 3.55. The Bertz CT molecular complexity index is 1430. The lowest BCUT2D eigenvalue weighted by atomic mass is 10.1. The molecule has 31 heavy (non-hydrogen) atoms. The lowest BCUT2D eigenvalue weighted by molar-refractivity contribution is 0.0971. The first-order valence-electron chi connectivity index (χ1n) is 9.50. The van der Waals surface area contributed by atoms with Crippen LogP contribution >= 0.6 is 22.9 Å². The Morgan fingerprint density at radius 3 is 2.48 bits per heavy atom. The predicted molar refractivity (Wildman–Crippen MR) is 123 cm³/mol. The van der Waals surface area contributed by atoms with Crippen molar-refractivity contribution in [1.82, 2.24) is 9.13 Å². The van der Waals surface area contributed by atoms with Gasteiger partial charge in [-0.15, -0.1) is 11.3 Å². The number of aryl methyl sites for hydroxylation is 2. The molecule has 2 aromatic carbocycles. The Morgan fingerprint density at radius 1 is 1.10 bits per heavy atom. The van der Waals surface area contributed by atoms with Crippen LogP contribution in [0.25, 0.3) is 15.9 Å². The van der Waals surface area contributed by atoms with Crippen LogP contribution in [0.15, 0.2) is 58.1 Å². The number of hydrogen-bond acceptors (Lipinski definition) is 5. The van der Waals surface area contributed by atoms with Gasteiger partial charge in [0.25, 0.3) is 5.56 Å². The van der Waals surface area contributed by atoms with E-state index in [4.69, 9.17) is 16.3 Å². The molecule has 8 heteroatoms. The maximum Gasteiger partial charge on any atom is 0.337 e. The molecule has 2 heterocycles. The minimum Gasteiger partial charge on any atom is -0.497 e. The van der Waals surface area contributed by atoms with E-state index in [2.05, 4.69) is 0 Å². The average Bonchev–Trinajstić information content (AvgIpc) is 3.06. The van der Waals surface area contributed by atoms with Crippen LogP contribution in [0.2, 0.25) is 5.02 Å². The van der Waals surface area contributed by atoms with Crippen LogP contribution in [0, 0.1) is 13.8 Å². The Morgan fingerprint density at radius 2 is 1.81 bits per heavy atom. The van der Waals surface area contributed by atoms with E-state index in [0.717, 1.165) is 15.0 Å². The zero-order valence-corrected chi connectivity index (χ0v) is 18.7. The van der Waals surface area contributed by atoms with E-state index in [9.17, 15) is 14.4 Å². The first kappa shape index (κ1) is 21.1. The molecule has 0 bridgehead atoms. The van der Waals surface area contributed by atoms with Gasteiger partial charge in [-0.3, -0.25) is 14.2 Å². The van der Waals surface area contributed by atoms with E-state index in [-0.39, 0.29) is 12.3 Å². The van der Waals surface area contributed by atoms with Crippen molar-refractivity contribution in [2.75, 3.05) is 7.11 Å². The molecule has 0 aliphatic rings. The van der Waals surface area contributed by atoms with E-state index in [1.54, 1.807) is 48.5 Å². The molecule has 0 atom stereocenters. The van der Waals surface area contributed by atoms with Crippen molar-refractivity contribution in [1.29, 1.82) is 0 Å². The number of carbonyl (C=O) groups is 1. The van der Waals surface area contributed by atoms with E-state index in [1.165, 1.54) is 23.0 Å². The molecular formula is C23H19ClN2O4S. The van der Waals surface area contributed by atoms with E-state index in [0.29, 0.717) is 32.2 Å². The minimum atomic E-state index is -0.575. The molecule has 4 aromatic rings. The number of nitrogens with zero attached hydrogens (tertiary/aromatic N) is 2. The van der Waals surface area contributed by atoms with Gasteiger partial charge >= 0.3 is 5.69 Å². The number of aromatic nitrogens is 2. The first-order chi connectivity index (χ1) is 14.8. The number of hydrogen-bond donors (Lipinski definition) is 0. The highest BCUT2D eigenvalue weighted by Crippen LogP contribution is 2.27. The molecule has 0 saturated carbocycles. The molecule has 2 aromatic heterocycles. The average molecular weight is 455 g/mol. The van der Waals surface area contributed by atoms with Crippen molar-refractivity contribution in [3.63, 3.8) is 0 Å². The van der Waals surface area contributed by atoms with Gasteiger partial charge in [-0.25, -0.2) is 9.36 Å². The van der Waals surface area contributed by atoms with Crippen LogP contribution in [-0.4, -0.2) is 22.0 Å². The Hall–Kier alpha value is -3.16. The van der Waals surface area contributed by atoms with Gasteiger partial charge in [-0.05, 0) is 55.8 Å². The quantitative estimate of drug-likeness (QED) is 0.420. The van der Waals surface area contributed by atoms with Crippen LogP contribution in [-0.2, 0) is 6.54 Å². The summed E-state index contributed by atoms with van der Waals surface area (Å²) in [6, 6.07) is 13.2. The molecule has 6 nitrogen and oxygen atoms in total. The Balaban J connectivity index is 1.97. The van der Waals surface area contributed by atoms with Gasteiger partial charge in [0.15, 0.2) is 5.78 Å². The molecule has 158 valence electrons. The second-order valence-electron chi connectivity index (χ2n) is 7.10. The zero-order valence-electron chi connectivity index (χ0n) is 17.1. The summed E-state index contributed by atoms with van der Waals surface area (Å²) < 4.78 is 7.72. The lowest BCUT2D eigenvalue weighted by Gasteiger charge is -2.13. The smallest absolute Gasteiger partial charge is 0.337 e. The van der Waals surface area contributed by atoms with Gasteiger partial charge in [-0.2, -0.15) is 0 Å². The van der Waals surface area contributed by atoms with E-state index < -0.39 is 11.2 Å². The van der Waals surface area contributed by atoms with Crippen molar-refractivity contribution < 1.29 is 9.53 Å². The summed E-state index contributed by atoms with van der Waals surface area (Å²) in [5, 5.41) is 0.959. The highest BCUT2D eigenvalue weighted by atomic mass is 35.5. The largest absolute Gasteiger partial charge is 0.497 e. The standard InChI is InChI=1S/C23H19ClN2O4S/c1-13-14(2)31-22-20(13)21(28)26(17-5-4-6-18(11-17)30-3)23(29)25(22)12-19(27)15-7-9-16(24)10-8-15/h4-11H,12H2,1-3H3. The molecule has 0 aliphatic heterocycles. The van der Waals surface area contributed by atoms with Gasteiger partial charge in [0.2, 0.25) is 0 Å². The molecule has 4 rings (SSSR count). The summed E-state index contributed by atoms with van der Waals surface area (Å²) in [6.07, 6.45) is 0. The molecule has 0 saturated heterocycles. The van der Waals surface area contributed by atoms with Crippen LogP contribution in [0.3, 0.4) is 0 Å². The number of ketones is 1. The van der Waals surface area contributed by atoms with Crippen molar-refractivity contribution in [3.8, 4) is 11.4 Å². The van der Waals surface area contributed by atoms with E-state index >= 15 is 0 Å². The first-order valence-corrected chi connectivity index (χ1v) is 10.7. The number of Topliss-reactive ketones (excluding diaryl/α,β-unsaturated/α-hetero) is 1. The molecular weight excluding hydrogens is 436 g/mol. The highest BCUT2D eigenvalue weighted by molar-refractivity contribution is 7.18. The number of methoxy groups -OCH3 is 1. The van der Waals surface area contributed by atoms with E-state index in [1.807, 2.05) is 13.8 Å². The molecule has 0 aliphatic carbocycles. The van der Waals surface area contributed by atoms with Crippen LogP contribution in [0.5, 0.6) is 5.75 Å². The second kappa shape index (κ2) is 8.17. The molecule has 0 unspecified atom stereocenters. The summed E-state index contributed by atoms with van der Waals surface area (Å²) in [7, 11) is 1.51. The number of rotatable bonds is 5. The molecule has 0 radical (unpaired) electrons. The summed E-state index contributed by atoms with van der Waals surface area (Å²) in [5.74, 6) is 0.269. The number of thiophene rings is 1. The van der Waals surface area contributed by atoms with Crippen molar-refractivity contribution >= 4 is 38.9 Å². The predicted octanol–water partition coefficient (Wildman–Crippen LogP) is 4.38. The Labute approximate surface area is 186 Å². The van der Waals surface area contributed by atoms with Crippen LogP contribution < -0.4 is 16.0 Å². The van der Waals surface area contributed by atoms with Gasteiger partial charge in [0.05, 0.1) is 24.7 Å². The lowest BCUT2D eigenvalue weighted by Crippen LogP contribution is -2.39. The van der Waals surface area contributed by atoms with Gasteiger partial charge in [0, 0.05) is 21.5 Å². The zero-order chi connectivity index (χ0) is 22.3. The fraction of sp³-hybridized carbons (Fsp3) is 0.174. The number of fused-ring (bicyclic) bond motifs is 1.